The molecule has 1 aromatic rings. The van der Waals surface area contributed by atoms with Crippen LogP contribution in [0.4, 0.5) is 0 Å². The molecule has 1 N–H and O–H groups in total. The molecule has 1 aliphatic heterocycles. The summed E-state index contributed by atoms with van der Waals surface area (Å²) in [5, 5.41) is 0. The number of imidazole rings is 1. The van der Waals surface area contributed by atoms with Gasteiger partial charge in [0.2, 0.25) is 0 Å². The van der Waals surface area contributed by atoms with Crippen LogP contribution in [-0.4, -0.2) is 48.2 Å². The summed E-state index contributed by atoms with van der Waals surface area (Å²) >= 11 is 0. The lowest BCUT2D eigenvalue weighted by atomic mass is 10.1. The normalized spacial score (nSPS) is 22.4. The van der Waals surface area contributed by atoms with Crippen molar-refractivity contribution in [3.05, 3.63) is 17.7 Å². The van der Waals surface area contributed by atoms with Crippen molar-refractivity contribution in [2.75, 3.05) is 33.4 Å². The maximum absolute atomic E-state index is 5.08. The number of methoxy groups -OCH3 is 1. The van der Waals surface area contributed by atoms with E-state index in [-0.39, 0.29) is 0 Å². The average Bonchev–Trinajstić information content (AvgIpc) is 2.83. The molecular weight excluding hydrogens is 190 g/mol. The van der Waals surface area contributed by atoms with E-state index in [4.69, 9.17) is 4.74 Å². The highest BCUT2D eigenvalue weighted by Crippen LogP contribution is 2.24. The van der Waals surface area contributed by atoms with E-state index in [9.17, 15) is 0 Å². The summed E-state index contributed by atoms with van der Waals surface area (Å²) in [6, 6.07) is 0. The molecule has 1 saturated heterocycles. The van der Waals surface area contributed by atoms with Gasteiger partial charge < -0.3 is 14.6 Å². The fourth-order valence-electron chi connectivity index (χ4n) is 2.12. The Bertz CT molecular complexity index is 311. The largest absolute Gasteiger partial charge is 0.383 e. The SMILES string of the molecule is COCCN1CC[C@H](c2ncc(C)[nH]2)C1. The zero-order valence-corrected chi connectivity index (χ0v) is 9.49. The molecule has 0 aliphatic carbocycles. The van der Waals surface area contributed by atoms with Crippen molar-refractivity contribution in [2.24, 2.45) is 0 Å². The lowest BCUT2D eigenvalue weighted by Gasteiger charge is -2.14. The zero-order chi connectivity index (χ0) is 10.7. The minimum atomic E-state index is 0.579. The second kappa shape index (κ2) is 4.77. The second-order valence-corrected chi connectivity index (χ2v) is 4.23. The Labute approximate surface area is 90.6 Å². The summed E-state index contributed by atoms with van der Waals surface area (Å²) in [5.74, 6) is 1.72. The Morgan fingerprint density at radius 3 is 3.20 bits per heavy atom. The van der Waals surface area contributed by atoms with Crippen LogP contribution < -0.4 is 0 Å². The van der Waals surface area contributed by atoms with Crippen molar-refractivity contribution in [3.8, 4) is 0 Å². The van der Waals surface area contributed by atoms with Gasteiger partial charge in [0, 0.05) is 38.0 Å². The van der Waals surface area contributed by atoms with Crippen molar-refractivity contribution in [2.45, 2.75) is 19.3 Å². The van der Waals surface area contributed by atoms with Crippen molar-refractivity contribution in [1.82, 2.24) is 14.9 Å². The van der Waals surface area contributed by atoms with Gasteiger partial charge in [-0.1, -0.05) is 0 Å². The van der Waals surface area contributed by atoms with Gasteiger partial charge >= 0.3 is 0 Å². The van der Waals surface area contributed by atoms with E-state index in [0.29, 0.717) is 5.92 Å². The van der Waals surface area contributed by atoms with Crippen LogP contribution in [0.25, 0.3) is 0 Å². The molecular formula is C11H19N3O. The van der Waals surface area contributed by atoms with E-state index in [0.717, 1.165) is 37.8 Å². The molecule has 0 amide bonds. The number of aromatic nitrogens is 2. The Morgan fingerprint density at radius 1 is 1.67 bits per heavy atom. The smallest absolute Gasteiger partial charge is 0.110 e. The van der Waals surface area contributed by atoms with Crippen molar-refractivity contribution >= 4 is 0 Å². The minimum Gasteiger partial charge on any atom is -0.383 e. The summed E-state index contributed by atoms with van der Waals surface area (Å²) in [6.45, 7) is 6.18. The molecule has 1 atom stereocenters. The molecule has 0 bridgehead atoms. The minimum absolute atomic E-state index is 0.579. The summed E-state index contributed by atoms with van der Waals surface area (Å²) < 4.78 is 5.08. The van der Waals surface area contributed by atoms with Gasteiger partial charge in [-0.05, 0) is 19.9 Å². The van der Waals surface area contributed by atoms with Crippen molar-refractivity contribution < 1.29 is 4.74 Å². The van der Waals surface area contributed by atoms with Gasteiger partial charge in [0.15, 0.2) is 0 Å². The first-order chi connectivity index (χ1) is 7.29. The standard InChI is InChI=1S/C11H19N3O/c1-9-7-12-11(13-9)10-3-4-14(8-10)5-6-15-2/h7,10H,3-6,8H2,1-2H3,(H,12,13)/t10-/m0/s1. The molecule has 1 aliphatic rings. The van der Waals surface area contributed by atoms with Gasteiger partial charge in [-0.15, -0.1) is 0 Å². The highest BCUT2D eigenvalue weighted by Gasteiger charge is 2.25. The zero-order valence-electron chi connectivity index (χ0n) is 9.49. The molecule has 84 valence electrons. The Kier molecular flexibility index (Phi) is 3.38. The van der Waals surface area contributed by atoms with Gasteiger partial charge in [-0.25, -0.2) is 4.98 Å². The van der Waals surface area contributed by atoms with Crippen molar-refractivity contribution in [3.63, 3.8) is 0 Å². The number of ether oxygens (including phenoxy) is 1. The van der Waals surface area contributed by atoms with Crippen LogP contribution in [0.15, 0.2) is 6.20 Å². The maximum atomic E-state index is 5.08. The maximum Gasteiger partial charge on any atom is 0.110 e. The Hall–Kier alpha value is -0.870. The molecule has 4 heteroatoms. The third-order valence-corrected chi connectivity index (χ3v) is 2.99. The van der Waals surface area contributed by atoms with Gasteiger partial charge in [-0.3, -0.25) is 0 Å². The first-order valence-electron chi connectivity index (χ1n) is 5.52. The second-order valence-electron chi connectivity index (χ2n) is 4.23. The van der Waals surface area contributed by atoms with Crippen LogP contribution in [-0.2, 0) is 4.74 Å². The van der Waals surface area contributed by atoms with Crippen LogP contribution >= 0.6 is 0 Å². The molecule has 0 aromatic carbocycles. The monoisotopic (exact) mass is 209 g/mol. The third kappa shape index (κ3) is 2.58. The molecule has 15 heavy (non-hydrogen) atoms. The number of likely N-dealkylation sites (tertiary alicyclic amines) is 1. The number of nitrogens with zero attached hydrogens (tertiary/aromatic N) is 2. The predicted octanol–water partition coefficient (Wildman–Crippen LogP) is 1.15. The number of hydrogen-bond acceptors (Lipinski definition) is 3. The highest BCUT2D eigenvalue weighted by molar-refractivity contribution is 5.06. The van der Waals surface area contributed by atoms with Crippen LogP contribution in [0.1, 0.15) is 23.9 Å². The van der Waals surface area contributed by atoms with E-state index in [1.165, 1.54) is 6.42 Å². The number of rotatable bonds is 4. The van der Waals surface area contributed by atoms with E-state index in [1.807, 2.05) is 13.1 Å². The number of hydrogen-bond donors (Lipinski definition) is 1. The highest BCUT2D eigenvalue weighted by atomic mass is 16.5. The lowest BCUT2D eigenvalue weighted by molar-refractivity contribution is 0.160. The average molecular weight is 209 g/mol. The topological polar surface area (TPSA) is 41.1 Å². The summed E-state index contributed by atoms with van der Waals surface area (Å²) in [4.78, 5) is 10.2. The summed E-state index contributed by atoms with van der Waals surface area (Å²) in [7, 11) is 1.75. The Balaban J connectivity index is 1.87. The van der Waals surface area contributed by atoms with Gasteiger partial charge in [0.25, 0.3) is 0 Å². The van der Waals surface area contributed by atoms with E-state index in [2.05, 4.69) is 14.9 Å². The van der Waals surface area contributed by atoms with Gasteiger partial charge in [0.1, 0.15) is 5.82 Å². The quantitative estimate of drug-likeness (QED) is 0.809. The molecule has 2 rings (SSSR count). The van der Waals surface area contributed by atoms with Gasteiger partial charge in [0.05, 0.1) is 6.61 Å². The number of aryl methyl sites for hydroxylation is 1. The lowest BCUT2D eigenvalue weighted by Crippen LogP contribution is -2.24. The van der Waals surface area contributed by atoms with Crippen LogP contribution in [0.2, 0.25) is 0 Å². The molecule has 0 unspecified atom stereocenters. The molecule has 1 aromatic heterocycles. The first kappa shape index (κ1) is 10.6. The Morgan fingerprint density at radius 2 is 2.53 bits per heavy atom. The first-order valence-corrected chi connectivity index (χ1v) is 5.52. The van der Waals surface area contributed by atoms with Crippen LogP contribution in [0.3, 0.4) is 0 Å². The predicted molar refractivity (Wildman–Crippen MR) is 59.0 cm³/mol. The summed E-state index contributed by atoms with van der Waals surface area (Å²) in [6.07, 6.45) is 3.11. The third-order valence-electron chi connectivity index (χ3n) is 2.99. The molecule has 0 radical (unpaired) electrons. The van der Waals surface area contributed by atoms with Gasteiger partial charge in [-0.2, -0.15) is 0 Å². The summed E-state index contributed by atoms with van der Waals surface area (Å²) in [5.41, 5.74) is 1.15. The fourth-order valence-corrected chi connectivity index (χ4v) is 2.12. The van der Waals surface area contributed by atoms with E-state index < -0.39 is 0 Å². The number of nitrogens with one attached hydrogen (secondary N) is 1. The molecule has 4 nitrogen and oxygen atoms in total. The van der Waals surface area contributed by atoms with E-state index in [1.54, 1.807) is 7.11 Å². The molecule has 0 saturated carbocycles. The molecule has 1 fully saturated rings. The fraction of sp³-hybridized carbons (Fsp3) is 0.727. The molecule has 2 heterocycles. The number of aromatic amines is 1. The van der Waals surface area contributed by atoms with Crippen molar-refractivity contribution in [1.29, 1.82) is 0 Å². The van der Waals surface area contributed by atoms with E-state index >= 15 is 0 Å². The van der Waals surface area contributed by atoms with Crippen LogP contribution in [0, 0.1) is 6.92 Å². The van der Waals surface area contributed by atoms with Crippen LogP contribution in [0.5, 0.6) is 0 Å². The number of H-pyrrole nitrogens is 1. The molecule has 0 spiro atoms.